The van der Waals surface area contributed by atoms with Crippen molar-refractivity contribution in [1.82, 2.24) is 15.4 Å². The third-order valence-electron chi connectivity index (χ3n) is 3.61. The van der Waals surface area contributed by atoms with E-state index in [4.69, 9.17) is 0 Å². The van der Waals surface area contributed by atoms with Gasteiger partial charge >= 0.3 is 0 Å². The lowest BCUT2D eigenvalue weighted by Crippen LogP contribution is -2.01. The van der Waals surface area contributed by atoms with Crippen molar-refractivity contribution in [3.05, 3.63) is 72.1 Å². The molecular formula is C17H11N3O. The normalized spacial score (nSPS) is 11.0. The van der Waals surface area contributed by atoms with Crippen LogP contribution in [0, 0.1) is 0 Å². The zero-order chi connectivity index (χ0) is 14.2. The van der Waals surface area contributed by atoms with Crippen molar-refractivity contribution in [2.75, 3.05) is 0 Å². The molecule has 0 spiro atoms. The van der Waals surface area contributed by atoms with Gasteiger partial charge in [-0.15, -0.1) is 0 Å². The standard InChI is InChI=1S/C17H11N3O/c21-17(16-10-18-20-19-16)14-6-5-13-7-11-3-1-2-4-12(11)8-15(13)9-14/h1-10H,(H,18,19,20). The second-order valence-corrected chi connectivity index (χ2v) is 4.95. The number of aromatic nitrogens is 3. The Kier molecular flexibility index (Phi) is 2.54. The molecule has 0 bridgehead atoms. The molecule has 1 heterocycles. The number of hydrogen-bond donors (Lipinski definition) is 1. The lowest BCUT2D eigenvalue weighted by molar-refractivity contribution is 0.103. The number of carbonyl (C=O) groups is 1. The Bertz CT molecular complexity index is 958. The minimum absolute atomic E-state index is 0.126. The molecule has 4 heteroatoms. The first-order valence-electron chi connectivity index (χ1n) is 6.64. The summed E-state index contributed by atoms with van der Waals surface area (Å²) in [6, 6.07) is 18.1. The largest absolute Gasteiger partial charge is 0.287 e. The second-order valence-electron chi connectivity index (χ2n) is 4.95. The molecule has 0 aliphatic heterocycles. The van der Waals surface area contributed by atoms with Crippen LogP contribution >= 0.6 is 0 Å². The third kappa shape index (κ3) is 1.97. The molecule has 0 radical (unpaired) electrons. The number of hydrogen-bond acceptors (Lipinski definition) is 3. The van der Waals surface area contributed by atoms with Crippen LogP contribution in [-0.4, -0.2) is 21.2 Å². The molecule has 0 saturated heterocycles. The molecule has 3 aromatic carbocycles. The minimum Gasteiger partial charge on any atom is -0.287 e. The predicted molar refractivity (Wildman–Crippen MR) is 81.3 cm³/mol. The van der Waals surface area contributed by atoms with Crippen molar-refractivity contribution in [3.63, 3.8) is 0 Å². The zero-order valence-corrected chi connectivity index (χ0v) is 11.1. The van der Waals surface area contributed by atoms with E-state index in [1.807, 2.05) is 30.3 Å². The quantitative estimate of drug-likeness (QED) is 0.450. The van der Waals surface area contributed by atoms with Crippen molar-refractivity contribution in [2.24, 2.45) is 0 Å². The van der Waals surface area contributed by atoms with Gasteiger partial charge in [-0.25, -0.2) is 0 Å². The highest BCUT2D eigenvalue weighted by Gasteiger charge is 2.12. The van der Waals surface area contributed by atoms with Gasteiger partial charge in [-0.05, 0) is 39.7 Å². The first-order valence-corrected chi connectivity index (χ1v) is 6.64. The third-order valence-corrected chi connectivity index (χ3v) is 3.61. The topological polar surface area (TPSA) is 58.6 Å². The van der Waals surface area contributed by atoms with Gasteiger partial charge in [-0.3, -0.25) is 4.79 Å². The minimum atomic E-state index is -0.126. The van der Waals surface area contributed by atoms with Crippen molar-refractivity contribution in [3.8, 4) is 0 Å². The maximum absolute atomic E-state index is 12.3. The Morgan fingerprint density at radius 3 is 2.29 bits per heavy atom. The Hall–Kier alpha value is -3.01. The number of aromatic amines is 1. The molecule has 21 heavy (non-hydrogen) atoms. The number of ketones is 1. The smallest absolute Gasteiger partial charge is 0.214 e. The fraction of sp³-hybridized carbons (Fsp3) is 0. The summed E-state index contributed by atoms with van der Waals surface area (Å²) in [6.07, 6.45) is 1.44. The van der Waals surface area contributed by atoms with Gasteiger partial charge in [0.2, 0.25) is 5.78 Å². The second kappa shape index (κ2) is 4.52. The van der Waals surface area contributed by atoms with Crippen LogP contribution in [0.2, 0.25) is 0 Å². The molecule has 0 aliphatic rings. The first-order chi connectivity index (χ1) is 10.3. The van der Waals surface area contributed by atoms with E-state index in [1.165, 1.54) is 11.6 Å². The number of fused-ring (bicyclic) bond motifs is 2. The molecule has 1 aromatic heterocycles. The summed E-state index contributed by atoms with van der Waals surface area (Å²) in [4.78, 5) is 12.3. The molecule has 4 nitrogen and oxygen atoms in total. The summed E-state index contributed by atoms with van der Waals surface area (Å²) < 4.78 is 0. The Balaban J connectivity index is 1.89. The molecular weight excluding hydrogens is 262 g/mol. The van der Waals surface area contributed by atoms with Gasteiger partial charge in [0.1, 0.15) is 0 Å². The predicted octanol–water partition coefficient (Wildman–Crippen LogP) is 3.34. The van der Waals surface area contributed by atoms with Gasteiger partial charge in [-0.2, -0.15) is 15.4 Å². The molecule has 4 rings (SSSR count). The molecule has 4 aromatic rings. The molecule has 0 atom stereocenters. The van der Waals surface area contributed by atoms with E-state index in [2.05, 4.69) is 39.7 Å². The highest BCUT2D eigenvalue weighted by Crippen LogP contribution is 2.24. The highest BCUT2D eigenvalue weighted by molar-refractivity contribution is 6.10. The summed E-state index contributed by atoms with van der Waals surface area (Å²) in [5, 5.41) is 14.5. The SMILES string of the molecule is O=C(c1ccc2cc3ccccc3cc2c1)c1cn[nH]n1. The van der Waals surface area contributed by atoms with E-state index in [0.29, 0.717) is 11.3 Å². The van der Waals surface area contributed by atoms with Crippen LogP contribution in [0.5, 0.6) is 0 Å². The number of benzene rings is 3. The lowest BCUT2D eigenvalue weighted by atomic mass is 10.00. The monoisotopic (exact) mass is 273 g/mol. The van der Waals surface area contributed by atoms with Crippen LogP contribution in [-0.2, 0) is 0 Å². The van der Waals surface area contributed by atoms with Crippen LogP contribution in [0.25, 0.3) is 21.5 Å². The molecule has 0 saturated carbocycles. The van der Waals surface area contributed by atoms with E-state index in [-0.39, 0.29) is 5.78 Å². The average molecular weight is 273 g/mol. The zero-order valence-electron chi connectivity index (χ0n) is 11.1. The van der Waals surface area contributed by atoms with Crippen molar-refractivity contribution < 1.29 is 4.79 Å². The summed E-state index contributed by atoms with van der Waals surface area (Å²) >= 11 is 0. The highest BCUT2D eigenvalue weighted by atomic mass is 16.1. The van der Waals surface area contributed by atoms with Gasteiger partial charge in [0.05, 0.1) is 6.20 Å². The summed E-state index contributed by atoms with van der Waals surface area (Å²) in [7, 11) is 0. The molecule has 0 unspecified atom stereocenters. The lowest BCUT2D eigenvalue weighted by Gasteiger charge is -2.04. The van der Waals surface area contributed by atoms with Crippen molar-refractivity contribution in [1.29, 1.82) is 0 Å². The van der Waals surface area contributed by atoms with Crippen LogP contribution in [0.3, 0.4) is 0 Å². The number of H-pyrrole nitrogens is 1. The van der Waals surface area contributed by atoms with Crippen LogP contribution in [0.15, 0.2) is 60.8 Å². The van der Waals surface area contributed by atoms with Gasteiger partial charge in [0.15, 0.2) is 5.69 Å². The molecule has 0 fully saturated rings. The van der Waals surface area contributed by atoms with Crippen LogP contribution in [0.1, 0.15) is 16.1 Å². The maximum atomic E-state index is 12.3. The number of nitrogens with one attached hydrogen (secondary N) is 1. The fourth-order valence-electron chi connectivity index (χ4n) is 2.54. The van der Waals surface area contributed by atoms with Gasteiger partial charge < -0.3 is 0 Å². The first kappa shape index (κ1) is 11.8. The molecule has 0 amide bonds. The Labute approximate surface area is 120 Å². The number of rotatable bonds is 2. The summed E-state index contributed by atoms with van der Waals surface area (Å²) in [5.74, 6) is -0.126. The Morgan fingerprint density at radius 1 is 0.857 bits per heavy atom. The fourth-order valence-corrected chi connectivity index (χ4v) is 2.54. The van der Waals surface area contributed by atoms with E-state index in [1.54, 1.807) is 0 Å². The van der Waals surface area contributed by atoms with E-state index in [9.17, 15) is 4.79 Å². The van der Waals surface area contributed by atoms with Gasteiger partial charge in [-0.1, -0.05) is 36.4 Å². The Morgan fingerprint density at radius 2 is 1.57 bits per heavy atom. The van der Waals surface area contributed by atoms with Crippen LogP contribution in [0.4, 0.5) is 0 Å². The van der Waals surface area contributed by atoms with E-state index < -0.39 is 0 Å². The van der Waals surface area contributed by atoms with Gasteiger partial charge in [0.25, 0.3) is 0 Å². The van der Waals surface area contributed by atoms with Gasteiger partial charge in [0, 0.05) is 5.56 Å². The molecule has 0 aliphatic carbocycles. The number of carbonyl (C=O) groups excluding carboxylic acids is 1. The summed E-state index contributed by atoms with van der Waals surface area (Å²) in [6.45, 7) is 0. The molecule has 1 N–H and O–H groups in total. The van der Waals surface area contributed by atoms with Crippen molar-refractivity contribution in [2.45, 2.75) is 0 Å². The average Bonchev–Trinajstić information content (AvgIpc) is 3.06. The van der Waals surface area contributed by atoms with E-state index in [0.717, 1.165) is 16.2 Å². The van der Waals surface area contributed by atoms with Crippen molar-refractivity contribution >= 4 is 27.3 Å². The number of nitrogens with zero attached hydrogens (tertiary/aromatic N) is 2. The molecule has 100 valence electrons. The van der Waals surface area contributed by atoms with E-state index >= 15 is 0 Å². The summed E-state index contributed by atoms with van der Waals surface area (Å²) in [5.41, 5.74) is 0.946. The van der Waals surface area contributed by atoms with Crippen LogP contribution < -0.4 is 0 Å². The maximum Gasteiger partial charge on any atom is 0.214 e.